The fourth-order valence-corrected chi connectivity index (χ4v) is 1.75. The fourth-order valence-electron chi connectivity index (χ4n) is 1.56. The van der Waals surface area contributed by atoms with Crippen LogP contribution >= 0.6 is 0 Å². The second-order valence-electron chi connectivity index (χ2n) is 3.44. The van der Waals surface area contributed by atoms with Gasteiger partial charge in [0, 0.05) is 0 Å². The zero-order valence-electron chi connectivity index (χ0n) is 8.20. The molecular weight excluding hydrogens is 183 g/mol. The van der Waals surface area contributed by atoms with Crippen molar-refractivity contribution < 1.29 is 0 Å². The van der Waals surface area contributed by atoms with Gasteiger partial charge in [-0.2, -0.15) is 0 Å². The predicted molar refractivity (Wildman–Crippen MR) is 62.0 cm³/mol. The van der Waals surface area contributed by atoms with Gasteiger partial charge in [-0.25, -0.2) is 0 Å². The zero-order chi connectivity index (χ0) is 9.97. The third-order valence-corrected chi connectivity index (χ3v) is 2.75. The molecule has 64 valence electrons. The van der Waals surface area contributed by atoms with Crippen LogP contribution < -0.4 is 4.43 Å². The van der Waals surface area contributed by atoms with E-state index in [1.54, 1.807) is 0 Å². The number of rotatable bonds is 1. The van der Waals surface area contributed by atoms with Gasteiger partial charge in [-0.15, -0.1) is 0 Å². The molecule has 0 N–H and O–H groups in total. The van der Waals surface area contributed by atoms with E-state index in [0.717, 1.165) is 0 Å². The zero-order valence-corrected chi connectivity index (χ0v) is 9.35. The molecule has 0 aromatic heterocycles. The summed E-state index contributed by atoms with van der Waals surface area (Å²) in [6.07, 6.45) is 0. The van der Waals surface area contributed by atoms with Crippen molar-refractivity contribution in [2.75, 3.05) is 0 Å². The first-order chi connectivity index (χ1) is 6.77. The van der Waals surface area contributed by atoms with Crippen molar-refractivity contribution in [3.8, 4) is 11.1 Å². The summed E-state index contributed by atoms with van der Waals surface area (Å²) >= 11 is 2.70. The molecule has 0 spiro atoms. The molecule has 2 aromatic carbocycles. The van der Waals surface area contributed by atoms with Crippen LogP contribution in [-0.4, -0.2) is 16.3 Å². The Hall–Kier alpha value is -1.03. The summed E-state index contributed by atoms with van der Waals surface area (Å²) in [6.45, 7) is 2.14. The topological polar surface area (TPSA) is 0 Å². The molecule has 1 heteroatoms. The summed E-state index contributed by atoms with van der Waals surface area (Å²) in [7, 11) is 0. The van der Waals surface area contributed by atoms with Gasteiger partial charge >= 0.3 is 92.9 Å². The van der Waals surface area contributed by atoms with Gasteiger partial charge in [-0.1, -0.05) is 0 Å². The van der Waals surface area contributed by atoms with E-state index in [-0.39, 0.29) is 0 Å². The molecule has 0 unspecified atom stereocenters. The molecule has 0 heterocycles. The van der Waals surface area contributed by atoms with Crippen molar-refractivity contribution in [1.82, 2.24) is 0 Å². The molecule has 14 heavy (non-hydrogen) atoms. The van der Waals surface area contributed by atoms with E-state index in [4.69, 9.17) is 0 Å². The van der Waals surface area contributed by atoms with E-state index in [1.165, 1.54) is 21.1 Å². The maximum atomic E-state index is 2.70. The van der Waals surface area contributed by atoms with Crippen LogP contribution in [0.2, 0.25) is 0 Å². The van der Waals surface area contributed by atoms with Crippen LogP contribution in [0.3, 0.4) is 0 Å². The Labute approximate surface area is 93.0 Å². The second kappa shape index (κ2) is 4.00. The van der Waals surface area contributed by atoms with E-state index in [1.807, 2.05) is 0 Å². The van der Waals surface area contributed by atoms with Crippen molar-refractivity contribution in [2.45, 2.75) is 6.92 Å². The Morgan fingerprint density at radius 2 is 1.50 bits per heavy atom. The molecule has 0 saturated carbocycles. The average Bonchev–Trinajstić information content (AvgIpc) is 2.20. The van der Waals surface area contributed by atoms with Crippen LogP contribution in [-0.2, 0) is 0 Å². The normalized spacial score (nSPS) is 10.2. The van der Waals surface area contributed by atoms with E-state index in [2.05, 4.69) is 71.7 Å². The van der Waals surface area contributed by atoms with Crippen molar-refractivity contribution in [3.63, 3.8) is 0 Å². The first-order valence-electron chi connectivity index (χ1n) is 4.69. The number of hydrogen-bond acceptors (Lipinski definition) is 0. The Morgan fingerprint density at radius 3 is 2.14 bits per heavy atom. The number of hydrogen-bond donors (Lipinski definition) is 0. The third kappa shape index (κ3) is 1.90. The molecule has 0 radical (unpaired) electrons. The van der Waals surface area contributed by atoms with Crippen LogP contribution in [0.1, 0.15) is 5.56 Å². The van der Waals surface area contributed by atoms with E-state index >= 15 is 0 Å². The quantitative estimate of drug-likeness (QED) is 0.612. The molecule has 0 bridgehead atoms. The SMILES string of the molecule is Cc1ccccc1-c1cc[c]([Al+2])cc1. The third-order valence-electron chi connectivity index (χ3n) is 2.37. The molecule has 0 nitrogen and oxygen atoms in total. The van der Waals surface area contributed by atoms with Crippen LogP contribution in [0.4, 0.5) is 0 Å². The second-order valence-corrected chi connectivity index (χ2v) is 4.10. The number of benzene rings is 2. The molecule has 2 rings (SSSR count). The van der Waals surface area contributed by atoms with Gasteiger partial charge in [0.2, 0.25) is 0 Å². The van der Waals surface area contributed by atoms with E-state index < -0.39 is 0 Å². The fraction of sp³-hybridized carbons (Fsp3) is 0.0769. The molecule has 2 aromatic rings. The monoisotopic (exact) mass is 194 g/mol. The van der Waals surface area contributed by atoms with Gasteiger partial charge < -0.3 is 0 Å². The van der Waals surface area contributed by atoms with Gasteiger partial charge in [0.05, 0.1) is 0 Å². The molecule has 0 atom stereocenters. The van der Waals surface area contributed by atoms with Crippen molar-refractivity contribution in [3.05, 3.63) is 54.1 Å². The van der Waals surface area contributed by atoms with Gasteiger partial charge in [0.1, 0.15) is 0 Å². The standard InChI is InChI=1S/C13H11.Al/c1-11-7-5-6-10-13(11)12-8-3-2-4-9-12;/h3-10H,1H3;/q;+2. The summed E-state index contributed by atoms with van der Waals surface area (Å²) in [5.41, 5.74) is 3.93. The first-order valence-corrected chi connectivity index (χ1v) is 5.26. The molecule has 0 saturated heterocycles. The molecule has 0 fully saturated rings. The Kier molecular flexibility index (Phi) is 2.72. The van der Waals surface area contributed by atoms with Gasteiger partial charge in [0.15, 0.2) is 0 Å². The summed E-state index contributed by atoms with van der Waals surface area (Å²) < 4.78 is 1.22. The molecule has 0 aliphatic rings. The van der Waals surface area contributed by atoms with Crippen LogP contribution in [0, 0.1) is 6.92 Å². The minimum absolute atomic E-state index is 1.22. The van der Waals surface area contributed by atoms with Crippen LogP contribution in [0.25, 0.3) is 11.1 Å². The van der Waals surface area contributed by atoms with Gasteiger partial charge in [-0.05, 0) is 0 Å². The molecular formula is C13H11Al+2. The van der Waals surface area contributed by atoms with E-state index in [9.17, 15) is 0 Å². The van der Waals surface area contributed by atoms with Crippen molar-refractivity contribution in [2.24, 2.45) is 0 Å². The van der Waals surface area contributed by atoms with Crippen LogP contribution in [0.5, 0.6) is 0 Å². The predicted octanol–water partition coefficient (Wildman–Crippen LogP) is 2.46. The maximum absolute atomic E-state index is 2.70. The summed E-state index contributed by atoms with van der Waals surface area (Å²) in [5, 5.41) is 0. The molecule has 0 aliphatic carbocycles. The minimum atomic E-state index is 1.22. The van der Waals surface area contributed by atoms with Gasteiger partial charge in [-0.3, -0.25) is 0 Å². The summed E-state index contributed by atoms with van der Waals surface area (Å²) in [6, 6.07) is 17.0. The Morgan fingerprint density at radius 1 is 0.857 bits per heavy atom. The Bertz CT molecular complexity index is 429. The van der Waals surface area contributed by atoms with Crippen molar-refractivity contribution in [1.29, 1.82) is 0 Å². The molecule has 0 amide bonds. The number of aryl methyl sites for hydroxylation is 1. The average molecular weight is 194 g/mol. The van der Waals surface area contributed by atoms with Crippen molar-refractivity contribution >= 4 is 20.7 Å². The van der Waals surface area contributed by atoms with E-state index in [0.29, 0.717) is 0 Å². The summed E-state index contributed by atoms with van der Waals surface area (Å²) in [5.74, 6) is 0. The first kappa shape index (κ1) is 9.52. The molecule has 0 aliphatic heterocycles. The van der Waals surface area contributed by atoms with Gasteiger partial charge in [0.25, 0.3) is 0 Å². The summed E-state index contributed by atoms with van der Waals surface area (Å²) in [4.78, 5) is 0. The Balaban J connectivity index is 2.50. The van der Waals surface area contributed by atoms with Crippen LogP contribution in [0.15, 0.2) is 48.5 Å².